The van der Waals surface area contributed by atoms with Gasteiger partial charge in [0.1, 0.15) is 0 Å². The Morgan fingerprint density at radius 3 is 2.48 bits per heavy atom. The van der Waals surface area contributed by atoms with E-state index in [2.05, 4.69) is 4.99 Å². The van der Waals surface area contributed by atoms with Crippen LogP contribution in [0.15, 0.2) is 29.1 Å². The van der Waals surface area contributed by atoms with Gasteiger partial charge in [-0.1, -0.05) is 0 Å². The Kier molecular flexibility index (Phi) is 5.99. The van der Waals surface area contributed by atoms with Gasteiger partial charge >= 0.3 is 130 Å². The van der Waals surface area contributed by atoms with Gasteiger partial charge in [0.2, 0.25) is 0 Å². The minimum absolute atomic E-state index is 0.129. The maximum absolute atomic E-state index is 13.9. The van der Waals surface area contributed by atoms with Gasteiger partial charge in [0.25, 0.3) is 0 Å². The second kappa shape index (κ2) is 7.10. The fourth-order valence-corrected chi connectivity index (χ4v) is 2.88. The number of aliphatic imine (C=N–C) groups is 1. The summed E-state index contributed by atoms with van der Waals surface area (Å²) in [4.78, 5) is 5.53. The molecule has 0 aliphatic carbocycles. The van der Waals surface area contributed by atoms with Crippen molar-refractivity contribution in [1.82, 2.24) is 0 Å². The van der Waals surface area contributed by atoms with Crippen molar-refractivity contribution in [3.05, 3.63) is 39.0 Å². The molecular weight excluding hydrogens is 403 g/mol. The number of nitrogens with two attached hydrogens (primary N) is 1. The molecule has 2 N–H and O–H groups in total. The second-order valence-electron chi connectivity index (χ2n) is 3.97. The standard InChI is InChI=1S/C13H14F4IN2O/c1-7(20-3)4-11(19)21-12-9(14)5-8(13(15,16)17)6-10(12)18-2/h4-6H,19H2,1-3H3/q-1. The number of nitrogens with zero attached hydrogens (tertiary/aromatic N) is 1. The van der Waals surface area contributed by atoms with Crippen molar-refractivity contribution in [1.29, 1.82) is 0 Å². The number of ether oxygens (including phenoxy) is 1. The number of allylic oxidation sites excluding steroid dienone is 1. The number of rotatable bonds is 4. The third-order valence-electron chi connectivity index (χ3n) is 2.45. The molecule has 0 bridgehead atoms. The molecule has 0 radical (unpaired) electrons. The van der Waals surface area contributed by atoms with Crippen LogP contribution in [0.25, 0.3) is 0 Å². The zero-order chi connectivity index (χ0) is 16.2. The Bertz CT molecular complexity index is 582. The minimum atomic E-state index is -4.60. The van der Waals surface area contributed by atoms with Gasteiger partial charge in [0.05, 0.1) is 0 Å². The molecule has 0 saturated carbocycles. The molecule has 1 rings (SSSR count). The van der Waals surface area contributed by atoms with Crippen LogP contribution in [0.5, 0.6) is 5.75 Å². The molecule has 0 heterocycles. The van der Waals surface area contributed by atoms with Crippen molar-refractivity contribution < 1.29 is 43.5 Å². The van der Waals surface area contributed by atoms with Crippen molar-refractivity contribution in [3.63, 3.8) is 0 Å². The number of hydrogen-bond acceptors (Lipinski definition) is 3. The molecule has 21 heavy (non-hydrogen) atoms. The summed E-state index contributed by atoms with van der Waals surface area (Å²) in [5, 5.41) is 0. The van der Waals surface area contributed by atoms with Gasteiger partial charge < -0.3 is 0 Å². The summed E-state index contributed by atoms with van der Waals surface area (Å²) in [6, 6.07) is 1.31. The summed E-state index contributed by atoms with van der Waals surface area (Å²) in [6.07, 6.45) is -3.23. The van der Waals surface area contributed by atoms with Crippen LogP contribution in [0.4, 0.5) is 17.6 Å². The predicted octanol–water partition coefficient (Wildman–Crippen LogP) is 0.00250. The second-order valence-corrected chi connectivity index (χ2v) is 6.21. The summed E-state index contributed by atoms with van der Waals surface area (Å²) in [5.74, 6) is -1.46. The fourth-order valence-electron chi connectivity index (χ4n) is 1.38. The summed E-state index contributed by atoms with van der Waals surface area (Å²) in [5.41, 5.74) is 5.10. The Balaban J connectivity index is 3.23. The molecule has 0 spiro atoms. The summed E-state index contributed by atoms with van der Waals surface area (Å²) >= 11 is -0.829. The zero-order valence-corrected chi connectivity index (χ0v) is 13.7. The predicted molar refractivity (Wildman–Crippen MR) is 68.0 cm³/mol. The SMILES string of the molecule is CN=C(C)C=C(N)Oc1c(F)cc(C(F)(F)F)cc1[I-]C. The first kappa shape index (κ1) is 17.7. The fraction of sp³-hybridized carbons (Fsp3) is 0.308. The Morgan fingerprint density at radius 1 is 1.38 bits per heavy atom. The Hall–Kier alpha value is -1.32. The van der Waals surface area contributed by atoms with E-state index in [9.17, 15) is 17.6 Å². The van der Waals surface area contributed by atoms with E-state index in [1.54, 1.807) is 18.9 Å². The first-order valence-electron chi connectivity index (χ1n) is 5.67. The van der Waals surface area contributed by atoms with Crippen molar-refractivity contribution in [2.24, 2.45) is 10.7 Å². The van der Waals surface area contributed by atoms with Crippen molar-refractivity contribution in [3.8, 4) is 5.75 Å². The zero-order valence-electron chi connectivity index (χ0n) is 11.6. The normalized spacial score (nSPS) is 13.7. The van der Waals surface area contributed by atoms with Gasteiger partial charge in [0.15, 0.2) is 0 Å². The topological polar surface area (TPSA) is 47.6 Å². The van der Waals surface area contributed by atoms with Crippen LogP contribution in [0.3, 0.4) is 0 Å². The molecule has 1 aromatic rings. The van der Waals surface area contributed by atoms with E-state index in [1.165, 1.54) is 6.08 Å². The summed E-state index contributed by atoms with van der Waals surface area (Å²) < 4.78 is 57.2. The molecule has 0 saturated heterocycles. The molecule has 0 unspecified atom stereocenters. The van der Waals surface area contributed by atoms with Gasteiger partial charge in [-0.05, 0) is 0 Å². The molecule has 0 aliphatic heterocycles. The average molecular weight is 417 g/mol. The van der Waals surface area contributed by atoms with E-state index in [0.29, 0.717) is 11.8 Å². The molecule has 0 aliphatic rings. The molecular formula is C13H14F4IN2O-. The Labute approximate surface area is 130 Å². The van der Waals surface area contributed by atoms with Crippen molar-refractivity contribution in [2.75, 3.05) is 12.0 Å². The third kappa shape index (κ3) is 4.87. The molecule has 1 aromatic carbocycles. The first-order chi connectivity index (χ1) is 9.68. The third-order valence-corrected chi connectivity index (χ3v) is 4.42. The van der Waals surface area contributed by atoms with Crippen LogP contribution in [0, 0.1) is 9.39 Å². The van der Waals surface area contributed by atoms with E-state index in [4.69, 9.17) is 10.5 Å². The molecule has 0 aromatic heterocycles. The van der Waals surface area contributed by atoms with E-state index in [1.807, 2.05) is 0 Å². The van der Waals surface area contributed by atoms with Crippen LogP contribution in [-0.2, 0) is 6.18 Å². The van der Waals surface area contributed by atoms with Crippen LogP contribution in [0.1, 0.15) is 12.5 Å². The molecule has 118 valence electrons. The van der Waals surface area contributed by atoms with Crippen molar-refractivity contribution >= 4 is 5.71 Å². The summed E-state index contributed by atoms with van der Waals surface area (Å²) in [7, 11) is 1.54. The van der Waals surface area contributed by atoms with E-state index in [0.717, 1.165) is 6.07 Å². The van der Waals surface area contributed by atoms with E-state index < -0.39 is 38.8 Å². The quantitative estimate of drug-likeness (QED) is 0.247. The number of benzene rings is 1. The van der Waals surface area contributed by atoms with E-state index >= 15 is 0 Å². The monoisotopic (exact) mass is 417 g/mol. The van der Waals surface area contributed by atoms with Gasteiger partial charge in [-0.15, -0.1) is 0 Å². The molecule has 0 fully saturated rings. The van der Waals surface area contributed by atoms with Gasteiger partial charge in [0, 0.05) is 0 Å². The molecule has 3 nitrogen and oxygen atoms in total. The van der Waals surface area contributed by atoms with E-state index in [-0.39, 0.29) is 15.2 Å². The van der Waals surface area contributed by atoms with Crippen LogP contribution >= 0.6 is 0 Å². The van der Waals surface area contributed by atoms with Gasteiger partial charge in [-0.2, -0.15) is 0 Å². The van der Waals surface area contributed by atoms with Crippen LogP contribution < -0.4 is 31.7 Å². The first-order valence-corrected chi connectivity index (χ1v) is 8.91. The molecule has 0 atom stereocenters. The summed E-state index contributed by atoms with van der Waals surface area (Å²) in [6.45, 7) is 1.66. The maximum atomic E-state index is 13.9. The van der Waals surface area contributed by atoms with Crippen LogP contribution in [0.2, 0.25) is 0 Å². The van der Waals surface area contributed by atoms with Crippen LogP contribution in [-0.4, -0.2) is 17.7 Å². The number of alkyl halides is 4. The molecule has 8 heteroatoms. The van der Waals surface area contributed by atoms with Crippen molar-refractivity contribution in [2.45, 2.75) is 13.1 Å². The van der Waals surface area contributed by atoms with Gasteiger partial charge in [-0.3, -0.25) is 0 Å². The molecule has 0 amide bonds. The number of hydrogen-bond donors (Lipinski definition) is 1. The Morgan fingerprint density at radius 2 is 2.00 bits per heavy atom. The van der Waals surface area contributed by atoms with Gasteiger partial charge in [-0.25, -0.2) is 0 Å². The number of halogens is 5. The average Bonchev–Trinajstić information content (AvgIpc) is 2.39.